The minimum absolute atomic E-state index is 0.0298. The Balaban J connectivity index is 2.07. The van der Waals surface area contributed by atoms with E-state index in [0.717, 1.165) is 18.2 Å². The summed E-state index contributed by atoms with van der Waals surface area (Å²) in [6, 6.07) is 9.57. The minimum Gasteiger partial charge on any atom is -0.457 e. The first-order valence-electron chi connectivity index (χ1n) is 5.83. The van der Waals surface area contributed by atoms with E-state index in [1.807, 2.05) is 0 Å². The number of carbonyl (C=O) groups excluding carboxylic acids is 1. The highest BCUT2D eigenvalue weighted by Crippen LogP contribution is 2.19. The molecule has 0 aromatic heterocycles. The summed E-state index contributed by atoms with van der Waals surface area (Å²) < 4.78 is 18.4. The molecule has 0 N–H and O–H groups in total. The van der Waals surface area contributed by atoms with Crippen LogP contribution in [0, 0.1) is 15.9 Å². The molecule has 5 nitrogen and oxygen atoms in total. The number of esters is 1. The fourth-order valence-electron chi connectivity index (χ4n) is 1.64. The molecule has 0 fully saturated rings. The maximum atomic E-state index is 13.4. The van der Waals surface area contributed by atoms with Gasteiger partial charge >= 0.3 is 11.7 Å². The molecule has 0 heterocycles. The van der Waals surface area contributed by atoms with E-state index in [2.05, 4.69) is 0 Å². The monoisotopic (exact) mass is 309 g/mol. The summed E-state index contributed by atoms with van der Waals surface area (Å²) >= 11 is 5.79. The molecule has 0 aliphatic heterocycles. The molecule has 0 amide bonds. The second-order valence-corrected chi connectivity index (χ2v) is 4.57. The molecule has 7 heteroatoms. The predicted molar refractivity (Wildman–Crippen MR) is 73.6 cm³/mol. The Labute approximate surface area is 124 Å². The molecule has 0 bridgehead atoms. The Morgan fingerprint density at radius 3 is 2.67 bits per heavy atom. The van der Waals surface area contributed by atoms with E-state index in [-0.39, 0.29) is 12.2 Å². The van der Waals surface area contributed by atoms with E-state index in [1.165, 1.54) is 0 Å². The normalized spacial score (nSPS) is 10.2. The van der Waals surface area contributed by atoms with Gasteiger partial charge in [-0.15, -0.1) is 0 Å². The van der Waals surface area contributed by atoms with Crippen LogP contribution in [-0.2, 0) is 11.3 Å². The summed E-state index contributed by atoms with van der Waals surface area (Å²) in [6.07, 6.45) is 0. The fourth-order valence-corrected chi connectivity index (χ4v) is 1.85. The topological polar surface area (TPSA) is 69.4 Å². The van der Waals surface area contributed by atoms with Crippen molar-refractivity contribution in [1.29, 1.82) is 0 Å². The van der Waals surface area contributed by atoms with Crippen LogP contribution in [0.5, 0.6) is 0 Å². The number of halogens is 2. The Morgan fingerprint density at radius 2 is 2.05 bits per heavy atom. The van der Waals surface area contributed by atoms with Crippen LogP contribution < -0.4 is 0 Å². The van der Waals surface area contributed by atoms with Crippen LogP contribution in [-0.4, -0.2) is 10.9 Å². The SMILES string of the molecule is O=C(OCc1cccc(Cl)c1)c1ccc([N+](=O)[O-])c(F)c1. The number of nitro groups is 1. The molecule has 108 valence electrons. The molecule has 2 aromatic carbocycles. The molecule has 0 saturated heterocycles. The molecule has 0 aliphatic carbocycles. The number of nitro benzene ring substituents is 1. The number of nitrogens with zero attached hydrogens (tertiary/aromatic N) is 1. The van der Waals surface area contributed by atoms with Crippen LogP contribution in [0.25, 0.3) is 0 Å². The maximum Gasteiger partial charge on any atom is 0.338 e. The van der Waals surface area contributed by atoms with Gasteiger partial charge in [-0.2, -0.15) is 4.39 Å². The Bertz CT molecular complexity index is 705. The van der Waals surface area contributed by atoms with Gasteiger partial charge in [-0.05, 0) is 29.8 Å². The van der Waals surface area contributed by atoms with Crippen molar-refractivity contribution in [2.24, 2.45) is 0 Å². The van der Waals surface area contributed by atoms with Crippen molar-refractivity contribution in [3.8, 4) is 0 Å². The third kappa shape index (κ3) is 3.76. The first-order chi connectivity index (χ1) is 9.97. The Kier molecular flexibility index (Phi) is 4.49. The summed E-state index contributed by atoms with van der Waals surface area (Å²) in [4.78, 5) is 21.4. The van der Waals surface area contributed by atoms with E-state index in [9.17, 15) is 19.3 Å². The number of hydrogen-bond acceptors (Lipinski definition) is 4. The summed E-state index contributed by atoms with van der Waals surface area (Å²) in [7, 11) is 0. The third-order valence-corrected chi connectivity index (χ3v) is 2.87. The van der Waals surface area contributed by atoms with Crippen molar-refractivity contribution >= 4 is 23.3 Å². The second kappa shape index (κ2) is 6.32. The smallest absolute Gasteiger partial charge is 0.338 e. The molecular formula is C14H9ClFNO4. The van der Waals surface area contributed by atoms with Gasteiger partial charge in [0.2, 0.25) is 5.82 Å². The van der Waals surface area contributed by atoms with Crippen LogP contribution in [0.3, 0.4) is 0 Å². The summed E-state index contributed by atoms with van der Waals surface area (Å²) in [5.41, 5.74) is -0.111. The minimum atomic E-state index is -1.09. The first kappa shape index (κ1) is 14.9. The number of benzene rings is 2. The molecule has 0 unspecified atom stereocenters. The Hall–Kier alpha value is -2.47. The number of carbonyl (C=O) groups is 1. The number of hydrogen-bond donors (Lipinski definition) is 0. The van der Waals surface area contributed by atoms with E-state index < -0.39 is 22.4 Å². The number of ether oxygens (including phenoxy) is 1. The van der Waals surface area contributed by atoms with Gasteiger partial charge in [-0.25, -0.2) is 4.79 Å². The highest BCUT2D eigenvalue weighted by atomic mass is 35.5. The van der Waals surface area contributed by atoms with Gasteiger partial charge in [0.15, 0.2) is 0 Å². The van der Waals surface area contributed by atoms with Crippen LogP contribution in [0.2, 0.25) is 5.02 Å². The highest BCUT2D eigenvalue weighted by Gasteiger charge is 2.17. The second-order valence-electron chi connectivity index (χ2n) is 4.13. The molecule has 0 radical (unpaired) electrons. The van der Waals surface area contributed by atoms with Crippen LogP contribution in [0.1, 0.15) is 15.9 Å². The number of rotatable bonds is 4. The molecular weight excluding hydrogens is 301 g/mol. The molecule has 0 spiro atoms. The van der Waals surface area contributed by atoms with Crippen molar-refractivity contribution in [3.05, 3.63) is 74.5 Å². The van der Waals surface area contributed by atoms with Crippen molar-refractivity contribution in [2.75, 3.05) is 0 Å². The van der Waals surface area contributed by atoms with Crippen molar-refractivity contribution in [1.82, 2.24) is 0 Å². The molecule has 2 aromatic rings. The van der Waals surface area contributed by atoms with E-state index in [1.54, 1.807) is 24.3 Å². The van der Waals surface area contributed by atoms with Crippen molar-refractivity contribution < 1.29 is 18.8 Å². The molecule has 2 rings (SSSR count). The Morgan fingerprint density at radius 1 is 1.29 bits per heavy atom. The van der Waals surface area contributed by atoms with Gasteiger partial charge in [0, 0.05) is 11.1 Å². The molecule has 0 atom stereocenters. The largest absolute Gasteiger partial charge is 0.457 e. The lowest BCUT2D eigenvalue weighted by Crippen LogP contribution is -2.06. The van der Waals surface area contributed by atoms with E-state index >= 15 is 0 Å². The highest BCUT2D eigenvalue weighted by molar-refractivity contribution is 6.30. The predicted octanol–water partition coefficient (Wildman–Crippen LogP) is 3.74. The van der Waals surface area contributed by atoms with Gasteiger partial charge in [-0.1, -0.05) is 23.7 Å². The van der Waals surface area contributed by atoms with Crippen LogP contribution >= 0.6 is 11.6 Å². The fraction of sp³-hybridized carbons (Fsp3) is 0.0714. The standard InChI is InChI=1S/C14H9ClFNO4/c15-11-3-1-2-9(6-11)8-21-14(18)10-4-5-13(17(19)20)12(16)7-10/h1-7H,8H2. The zero-order valence-electron chi connectivity index (χ0n) is 10.6. The quantitative estimate of drug-likeness (QED) is 0.490. The van der Waals surface area contributed by atoms with Gasteiger partial charge in [0.25, 0.3) is 0 Å². The lowest BCUT2D eigenvalue weighted by Gasteiger charge is -2.05. The molecule has 0 saturated carbocycles. The van der Waals surface area contributed by atoms with Gasteiger partial charge in [-0.3, -0.25) is 10.1 Å². The van der Waals surface area contributed by atoms with Crippen molar-refractivity contribution in [3.63, 3.8) is 0 Å². The summed E-state index contributed by atoms with van der Waals surface area (Å²) in [6.45, 7) is -0.0298. The van der Waals surface area contributed by atoms with Gasteiger partial charge in [0.05, 0.1) is 10.5 Å². The zero-order chi connectivity index (χ0) is 15.4. The maximum absolute atomic E-state index is 13.4. The van der Waals surface area contributed by atoms with E-state index in [4.69, 9.17) is 16.3 Å². The van der Waals surface area contributed by atoms with Gasteiger partial charge in [0.1, 0.15) is 6.61 Å². The lowest BCUT2D eigenvalue weighted by molar-refractivity contribution is -0.387. The average Bonchev–Trinajstić information content (AvgIpc) is 2.44. The first-order valence-corrected chi connectivity index (χ1v) is 6.20. The van der Waals surface area contributed by atoms with Crippen LogP contribution in [0.15, 0.2) is 42.5 Å². The van der Waals surface area contributed by atoms with Crippen molar-refractivity contribution in [2.45, 2.75) is 6.61 Å². The van der Waals surface area contributed by atoms with E-state index in [0.29, 0.717) is 10.6 Å². The van der Waals surface area contributed by atoms with Crippen LogP contribution in [0.4, 0.5) is 10.1 Å². The lowest BCUT2D eigenvalue weighted by atomic mass is 10.2. The molecule has 21 heavy (non-hydrogen) atoms. The molecule has 0 aliphatic rings. The van der Waals surface area contributed by atoms with Gasteiger partial charge < -0.3 is 4.74 Å². The third-order valence-electron chi connectivity index (χ3n) is 2.64. The zero-order valence-corrected chi connectivity index (χ0v) is 11.3. The average molecular weight is 310 g/mol. The summed E-state index contributed by atoms with van der Waals surface area (Å²) in [5, 5.41) is 11.0. The summed E-state index contributed by atoms with van der Waals surface area (Å²) in [5.74, 6) is -1.86.